The average molecular weight is 250 g/mol. The number of hydrogen-bond acceptors (Lipinski definition) is 3. The quantitative estimate of drug-likeness (QED) is 0.868. The molecular formula is C14H26N4. The monoisotopic (exact) mass is 250 g/mol. The fourth-order valence-electron chi connectivity index (χ4n) is 2.99. The summed E-state index contributed by atoms with van der Waals surface area (Å²) < 4.78 is 1.87. The second-order valence-electron chi connectivity index (χ2n) is 5.52. The minimum absolute atomic E-state index is 0.199. The van der Waals surface area contributed by atoms with E-state index in [1.54, 1.807) is 0 Å². The van der Waals surface area contributed by atoms with E-state index in [0.717, 1.165) is 12.3 Å². The number of likely N-dealkylation sites (tertiary alicyclic amines) is 1. The zero-order chi connectivity index (χ0) is 13.1. The van der Waals surface area contributed by atoms with Crippen molar-refractivity contribution in [2.45, 2.75) is 45.2 Å². The van der Waals surface area contributed by atoms with Gasteiger partial charge in [0.15, 0.2) is 0 Å². The minimum atomic E-state index is 0.199. The lowest BCUT2D eigenvalue weighted by atomic mass is 9.99. The van der Waals surface area contributed by atoms with Crippen LogP contribution in [-0.2, 0) is 7.05 Å². The van der Waals surface area contributed by atoms with E-state index in [9.17, 15) is 0 Å². The van der Waals surface area contributed by atoms with Crippen LogP contribution in [0.2, 0.25) is 0 Å². The zero-order valence-corrected chi connectivity index (χ0v) is 11.8. The Morgan fingerprint density at radius 1 is 1.50 bits per heavy atom. The number of nitrogens with zero attached hydrogens (tertiary/aromatic N) is 3. The maximum absolute atomic E-state index is 6.35. The largest absolute Gasteiger partial charge is 0.326 e. The first-order valence-electron chi connectivity index (χ1n) is 7.13. The van der Waals surface area contributed by atoms with Crippen molar-refractivity contribution in [1.29, 1.82) is 0 Å². The molecule has 0 amide bonds. The van der Waals surface area contributed by atoms with Crippen LogP contribution in [0.25, 0.3) is 0 Å². The molecule has 2 N–H and O–H groups in total. The van der Waals surface area contributed by atoms with Gasteiger partial charge in [-0.05, 0) is 25.3 Å². The summed E-state index contributed by atoms with van der Waals surface area (Å²) in [6.07, 6.45) is 7.67. The third-order valence-electron chi connectivity index (χ3n) is 4.23. The second kappa shape index (κ2) is 5.85. The summed E-state index contributed by atoms with van der Waals surface area (Å²) >= 11 is 0. The highest BCUT2D eigenvalue weighted by atomic mass is 15.3. The molecule has 1 saturated heterocycles. The highest BCUT2D eigenvalue weighted by molar-refractivity contribution is 5.14. The molecule has 102 valence electrons. The van der Waals surface area contributed by atoms with Crippen LogP contribution in [0.3, 0.4) is 0 Å². The van der Waals surface area contributed by atoms with Gasteiger partial charge in [-0.2, -0.15) is 5.10 Å². The van der Waals surface area contributed by atoms with Crippen LogP contribution in [0, 0.1) is 5.92 Å². The molecule has 3 unspecified atom stereocenters. The standard InChI is InChI=1S/C14H26N4/c1-4-11-6-7-18(9-11)14(13(15)5-2)12-8-16-17(3)10-12/h8,10-11,13-14H,4-7,9,15H2,1-3H3. The van der Waals surface area contributed by atoms with Gasteiger partial charge >= 0.3 is 0 Å². The summed E-state index contributed by atoms with van der Waals surface area (Å²) in [5.74, 6) is 0.841. The molecule has 2 rings (SSSR count). The van der Waals surface area contributed by atoms with Gasteiger partial charge in [0.25, 0.3) is 0 Å². The third kappa shape index (κ3) is 2.75. The van der Waals surface area contributed by atoms with E-state index in [1.807, 2.05) is 17.9 Å². The molecular weight excluding hydrogens is 224 g/mol. The molecule has 0 radical (unpaired) electrons. The molecule has 2 heterocycles. The highest BCUT2D eigenvalue weighted by Crippen LogP contribution is 2.31. The number of nitrogens with two attached hydrogens (primary N) is 1. The van der Waals surface area contributed by atoms with Gasteiger partial charge in [-0.1, -0.05) is 20.3 Å². The molecule has 1 aromatic heterocycles. The number of hydrogen-bond donors (Lipinski definition) is 1. The van der Waals surface area contributed by atoms with E-state index in [0.29, 0.717) is 6.04 Å². The fraction of sp³-hybridized carbons (Fsp3) is 0.786. The number of aryl methyl sites for hydroxylation is 1. The topological polar surface area (TPSA) is 47.1 Å². The molecule has 4 heteroatoms. The Morgan fingerprint density at radius 3 is 2.78 bits per heavy atom. The van der Waals surface area contributed by atoms with Crippen molar-refractivity contribution < 1.29 is 0 Å². The van der Waals surface area contributed by atoms with Gasteiger partial charge in [-0.3, -0.25) is 9.58 Å². The molecule has 18 heavy (non-hydrogen) atoms. The molecule has 0 aromatic carbocycles. The summed E-state index contributed by atoms with van der Waals surface area (Å²) in [5, 5.41) is 4.30. The van der Waals surface area contributed by atoms with Crippen molar-refractivity contribution >= 4 is 0 Å². The van der Waals surface area contributed by atoms with Gasteiger partial charge in [0, 0.05) is 31.4 Å². The average Bonchev–Trinajstić information content (AvgIpc) is 2.99. The zero-order valence-electron chi connectivity index (χ0n) is 11.8. The van der Waals surface area contributed by atoms with E-state index in [2.05, 4.69) is 30.0 Å². The van der Waals surface area contributed by atoms with Crippen LogP contribution in [0.15, 0.2) is 12.4 Å². The van der Waals surface area contributed by atoms with E-state index in [-0.39, 0.29) is 6.04 Å². The Labute approximate surface area is 110 Å². The summed E-state index contributed by atoms with van der Waals surface area (Å²) in [5.41, 5.74) is 7.61. The Hall–Kier alpha value is -0.870. The molecule has 1 aliphatic heterocycles. The number of rotatable bonds is 5. The summed E-state index contributed by atoms with van der Waals surface area (Å²) in [4.78, 5) is 2.55. The van der Waals surface area contributed by atoms with Gasteiger partial charge in [0.1, 0.15) is 0 Å². The van der Waals surface area contributed by atoms with Crippen LogP contribution in [0.5, 0.6) is 0 Å². The maximum atomic E-state index is 6.35. The summed E-state index contributed by atoms with van der Waals surface area (Å²) in [7, 11) is 1.97. The van der Waals surface area contributed by atoms with Crippen LogP contribution < -0.4 is 5.73 Å². The predicted octanol–water partition coefficient (Wildman–Crippen LogP) is 1.93. The van der Waals surface area contributed by atoms with E-state index in [4.69, 9.17) is 5.73 Å². The first-order chi connectivity index (χ1) is 8.65. The van der Waals surface area contributed by atoms with Gasteiger partial charge in [-0.25, -0.2) is 0 Å². The van der Waals surface area contributed by atoms with Gasteiger partial charge in [0.2, 0.25) is 0 Å². The first kappa shape index (κ1) is 13.6. The highest BCUT2D eigenvalue weighted by Gasteiger charge is 2.32. The van der Waals surface area contributed by atoms with Gasteiger partial charge in [-0.15, -0.1) is 0 Å². The lowest BCUT2D eigenvalue weighted by Gasteiger charge is -2.31. The Balaban J connectivity index is 2.16. The van der Waals surface area contributed by atoms with Crippen molar-refractivity contribution in [3.8, 4) is 0 Å². The lowest BCUT2D eigenvalue weighted by Crippen LogP contribution is -2.39. The van der Waals surface area contributed by atoms with Crippen molar-refractivity contribution in [3.05, 3.63) is 18.0 Å². The second-order valence-corrected chi connectivity index (χ2v) is 5.52. The van der Waals surface area contributed by atoms with Crippen LogP contribution in [0.1, 0.15) is 44.7 Å². The third-order valence-corrected chi connectivity index (χ3v) is 4.23. The van der Waals surface area contributed by atoms with Gasteiger partial charge in [0.05, 0.1) is 12.2 Å². The molecule has 1 fully saturated rings. The molecule has 4 nitrogen and oxygen atoms in total. The maximum Gasteiger partial charge on any atom is 0.0538 e. The summed E-state index contributed by atoms with van der Waals surface area (Å²) in [6.45, 7) is 6.81. The van der Waals surface area contributed by atoms with Crippen LogP contribution in [-0.4, -0.2) is 33.8 Å². The summed E-state index contributed by atoms with van der Waals surface area (Å²) in [6, 6.07) is 0.532. The van der Waals surface area contributed by atoms with E-state index in [1.165, 1.54) is 31.5 Å². The van der Waals surface area contributed by atoms with Crippen molar-refractivity contribution in [2.75, 3.05) is 13.1 Å². The lowest BCUT2D eigenvalue weighted by molar-refractivity contribution is 0.201. The van der Waals surface area contributed by atoms with Crippen molar-refractivity contribution in [2.24, 2.45) is 18.7 Å². The molecule has 0 spiro atoms. The van der Waals surface area contributed by atoms with E-state index < -0.39 is 0 Å². The Kier molecular flexibility index (Phi) is 4.40. The SMILES string of the molecule is CCC1CCN(C(c2cnn(C)c2)C(N)CC)C1. The molecule has 0 bridgehead atoms. The number of aromatic nitrogens is 2. The smallest absolute Gasteiger partial charge is 0.0538 e. The van der Waals surface area contributed by atoms with Crippen molar-refractivity contribution in [3.63, 3.8) is 0 Å². The van der Waals surface area contributed by atoms with E-state index >= 15 is 0 Å². The van der Waals surface area contributed by atoms with Crippen molar-refractivity contribution in [1.82, 2.24) is 14.7 Å². The first-order valence-corrected chi connectivity index (χ1v) is 7.13. The Morgan fingerprint density at radius 2 is 2.28 bits per heavy atom. The molecule has 0 aliphatic carbocycles. The predicted molar refractivity (Wildman–Crippen MR) is 74.2 cm³/mol. The fourth-order valence-corrected chi connectivity index (χ4v) is 2.99. The van der Waals surface area contributed by atoms with Crippen LogP contribution in [0.4, 0.5) is 0 Å². The molecule has 0 saturated carbocycles. The van der Waals surface area contributed by atoms with Crippen LogP contribution >= 0.6 is 0 Å². The minimum Gasteiger partial charge on any atom is -0.326 e. The molecule has 1 aromatic rings. The molecule has 1 aliphatic rings. The van der Waals surface area contributed by atoms with Gasteiger partial charge < -0.3 is 5.73 Å². The Bertz CT molecular complexity index is 374. The normalized spacial score (nSPS) is 24.3. The molecule has 3 atom stereocenters.